The fourth-order valence-corrected chi connectivity index (χ4v) is 10.7. The molecular formula is C53H85NO13. The van der Waals surface area contributed by atoms with Crippen LogP contribution in [0.5, 0.6) is 0 Å². The molecule has 3 fully saturated rings. The van der Waals surface area contributed by atoms with Crippen LogP contribution in [0.3, 0.4) is 0 Å². The van der Waals surface area contributed by atoms with Gasteiger partial charge in [0.2, 0.25) is 5.79 Å². The van der Waals surface area contributed by atoms with E-state index in [1.807, 2.05) is 78.0 Å². The zero-order valence-corrected chi connectivity index (χ0v) is 42.4. The van der Waals surface area contributed by atoms with Crippen molar-refractivity contribution in [3.8, 4) is 0 Å². The van der Waals surface area contributed by atoms with E-state index in [0.717, 1.165) is 12.0 Å². The molecule has 1 saturated carbocycles. The number of piperidine rings is 1. The molecule has 67 heavy (non-hydrogen) atoms. The summed E-state index contributed by atoms with van der Waals surface area (Å²) in [5, 5.41) is 34.2. The Balaban J connectivity index is 1.74. The highest BCUT2D eigenvalue weighted by atomic mass is 16.6. The molecule has 4 rings (SSSR count). The molecule has 0 aromatic heterocycles. The van der Waals surface area contributed by atoms with Gasteiger partial charge in [-0.15, -0.1) is 0 Å². The molecule has 1 aliphatic carbocycles. The molecule has 3 N–H and O–H groups in total. The zero-order valence-electron chi connectivity index (χ0n) is 42.4. The molecule has 3 aliphatic heterocycles. The number of fused-ring (bicyclic) bond motifs is 3. The third-order valence-electron chi connectivity index (χ3n) is 15.0. The average molecular weight is 944 g/mol. The number of amides is 1. The van der Waals surface area contributed by atoms with Gasteiger partial charge in [-0.05, 0) is 114 Å². The molecule has 0 aromatic rings. The number of nitrogens with zero attached hydrogens (tertiary/aromatic N) is 1. The number of aliphatic hydroxyl groups excluding tert-OH is 2. The molecule has 1 unspecified atom stereocenters. The summed E-state index contributed by atoms with van der Waals surface area (Å²) in [5.41, 5.74) is 1.44. The second-order valence-corrected chi connectivity index (χ2v) is 20.2. The Hall–Kier alpha value is -3.08. The van der Waals surface area contributed by atoms with E-state index in [4.69, 9.17) is 28.4 Å². The van der Waals surface area contributed by atoms with Crippen molar-refractivity contribution in [3.63, 3.8) is 0 Å². The molecule has 2 bridgehead atoms. The minimum atomic E-state index is -2.40. The van der Waals surface area contributed by atoms with Gasteiger partial charge in [0, 0.05) is 65.1 Å². The number of allylic oxidation sites excluding steroid dienone is 5. The predicted molar refractivity (Wildman–Crippen MR) is 256 cm³/mol. The first kappa shape index (κ1) is 56.5. The highest BCUT2D eigenvalue weighted by molar-refractivity contribution is 6.39. The van der Waals surface area contributed by atoms with Crippen molar-refractivity contribution in [2.45, 2.75) is 193 Å². The molecule has 380 valence electrons. The molecule has 14 nitrogen and oxygen atoms in total. The topological polar surface area (TPSA) is 188 Å². The van der Waals surface area contributed by atoms with Gasteiger partial charge in [0.15, 0.2) is 5.78 Å². The van der Waals surface area contributed by atoms with E-state index in [2.05, 4.69) is 0 Å². The molecular weight excluding hydrogens is 859 g/mol. The minimum absolute atomic E-state index is 0.0465. The third kappa shape index (κ3) is 15.2. The number of hydrogen-bond acceptors (Lipinski definition) is 13. The van der Waals surface area contributed by atoms with Crippen LogP contribution < -0.4 is 0 Å². The van der Waals surface area contributed by atoms with E-state index >= 15 is 0 Å². The maximum absolute atomic E-state index is 14.6. The van der Waals surface area contributed by atoms with Gasteiger partial charge in [-0.1, -0.05) is 71.1 Å². The predicted octanol–water partition coefficient (Wildman–Crippen LogP) is 7.02. The highest BCUT2D eigenvalue weighted by Crippen LogP contribution is 2.38. The summed E-state index contributed by atoms with van der Waals surface area (Å²) in [5.74, 6) is -6.67. The average Bonchev–Trinajstić information content (AvgIpc) is 3.30. The Morgan fingerprint density at radius 3 is 2.24 bits per heavy atom. The lowest BCUT2D eigenvalue weighted by Gasteiger charge is -2.43. The normalized spacial score (nSPS) is 40.7. The van der Waals surface area contributed by atoms with E-state index in [-0.39, 0.29) is 54.9 Å². The molecule has 3 heterocycles. The first-order valence-electron chi connectivity index (χ1n) is 25.1. The van der Waals surface area contributed by atoms with E-state index < -0.39 is 84.1 Å². The molecule has 16 atom stereocenters. The van der Waals surface area contributed by atoms with Crippen LogP contribution in [0.4, 0.5) is 0 Å². The lowest BCUT2D eigenvalue weighted by Crippen LogP contribution is -2.61. The number of carbonyl (C=O) groups is 4. The Kier molecular flexibility index (Phi) is 22.6. The summed E-state index contributed by atoms with van der Waals surface area (Å²) in [4.78, 5) is 58.3. The van der Waals surface area contributed by atoms with Gasteiger partial charge in [0.25, 0.3) is 11.7 Å². The fraction of sp³-hybridized carbons (Fsp3) is 0.774. The van der Waals surface area contributed by atoms with E-state index in [9.17, 15) is 34.5 Å². The summed E-state index contributed by atoms with van der Waals surface area (Å²) in [6.45, 7) is 15.7. The molecule has 1 amide bonds. The maximum atomic E-state index is 14.6. The van der Waals surface area contributed by atoms with Gasteiger partial charge in [-0.2, -0.15) is 0 Å². The number of hydrogen-bond donors (Lipinski definition) is 3. The number of ether oxygens (including phenoxy) is 6. The van der Waals surface area contributed by atoms with E-state index in [1.54, 1.807) is 28.1 Å². The Morgan fingerprint density at radius 1 is 0.836 bits per heavy atom. The van der Waals surface area contributed by atoms with Gasteiger partial charge < -0.3 is 48.6 Å². The lowest BCUT2D eigenvalue weighted by atomic mass is 9.78. The molecule has 0 radical (unpaired) electrons. The van der Waals surface area contributed by atoms with E-state index in [0.29, 0.717) is 70.0 Å². The highest BCUT2D eigenvalue weighted by Gasteiger charge is 2.53. The second kappa shape index (κ2) is 26.8. The zero-order chi connectivity index (χ0) is 49.6. The number of methoxy groups -OCH3 is 3. The molecule has 2 saturated heterocycles. The van der Waals surface area contributed by atoms with Gasteiger partial charge in [-0.25, -0.2) is 4.79 Å². The third-order valence-corrected chi connectivity index (χ3v) is 15.0. The van der Waals surface area contributed by atoms with Crippen molar-refractivity contribution in [1.29, 1.82) is 0 Å². The van der Waals surface area contributed by atoms with Crippen LogP contribution in [-0.2, 0) is 47.6 Å². The summed E-state index contributed by atoms with van der Waals surface area (Å²) < 4.78 is 36.2. The van der Waals surface area contributed by atoms with Crippen LogP contribution in [0.25, 0.3) is 0 Å². The van der Waals surface area contributed by atoms with Crippen molar-refractivity contribution in [2.75, 3.05) is 34.5 Å². The molecule has 4 aliphatic rings. The largest absolute Gasteiger partial charge is 0.460 e. The van der Waals surface area contributed by atoms with Gasteiger partial charge in [0.1, 0.15) is 24.4 Å². The van der Waals surface area contributed by atoms with Crippen LogP contribution in [0.15, 0.2) is 47.6 Å². The first-order chi connectivity index (χ1) is 31.8. The van der Waals surface area contributed by atoms with Crippen LogP contribution in [-0.4, -0.2) is 139 Å². The van der Waals surface area contributed by atoms with Gasteiger partial charge >= 0.3 is 5.97 Å². The number of rotatable bonds is 8. The Morgan fingerprint density at radius 2 is 1.57 bits per heavy atom. The van der Waals surface area contributed by atoms with Crippen LogP contribution >= 0.6 is 0 Å². The summed E-state index contributed by atoms with van der Waals surface area (Å²) in [6, 6.07) is -1.07. The fourth-order valence-electron chi connectivity index (χ4n) is 10.7. The Bertz CT molecular complexity index is 1740. The molecule has 0 spiro atoms. The number of Topliss-reactive ketones (excluding diaryl/α,β-unsaturated/α-hetero) is 2. The second-order valence-electron chi connectivity index (χ2n) is 20.2. The number of esters is 1. The molecule has 0 aromatic carbocycles. The number of carbonyl (C=O) groups excluding carboxylic acids is 4. The monoisotopic (exact) mass is 944 g/mol. The van der Waals surface area contributed by atoms with Crippen molar-refractivity contribution >= 4 is 23.4 Å². The number of ketones is 2. The van der Waals surface area contributed by atoms with Crippen LogP contribution in [0.2, 0.25) is 0 Å². The van der Waals surface area contributed by atoms with Crippen LogP contribution in [0.1, 0.15) is 132 Å². The van der Waals surface area contributed by atoms with Gasteiger partial charge in [0.05, 0.1) is 30.5 Å². The standard InChI is InChI=1S/C53H85NO13/c1-12-65-44-31-45(35(5)28-39-22-24-42(55)46(29-39)63-10)66-52(60)41-20-16-17-25-54(41)51(59)50(58)53(61)38(8)21-23-40(67-53)30-43(62-9)33(3)19-15-13-14-18-32(2)26-36(6)47(56)49(64-11)48(57)37(7)27-34(44)4/h13-15,18-19,27,32,34-36,38-46,48-49,55,57,61H,12,16-17,20-26,28-31H2,1-11H3/b15-13+,18-14+,33-19+,37-27+/t32-,34-,35-,36-,38-,39+,40+,41+,42-,43?,44-,45+,46-,48-,49+,53-/m1/s1. The lowest BCUT2D eigenvalue weighted by molar-refractivity contribution is -0.265. The van der Waals surface area contributed by atoms with Crippen molar-refractivity contribution in [2.24, 2.45) is 35.5 Å². The number of aliphatic hydroxyl groups is 3. The van der Waals surface area contributed by atoms with E-state index in [1.165, 1.54) is 12.0 Å². The van der Waals surface area contributed by atoms with Crippen molar-refractivity contribution in [3.05, 3.63) is 47.6 Å². The summed E-state index contributed by atoms with van der Waals surface area (Å²) >= 11 is 0. The minimum Gasteiger partial charge on any atom is -0.460 e. The maximum Gasteiger partial charge on any atom is 0.329 e. The molecule has 14 heteroatoms. The van der Waals surface area contributed by atoms with Crippen molar-refractivity contribution < 1.29 is 62.9 Å². The summed E-state index contributed by atoms with van der Waals surface area (Å²) in [7, 11) is 4.62. The Labute approximate surface area is 400 Å². The smallest absolute Gasteiger partial charge is 0.329 e. The van der Waals surface area contributed by atoms with Gasteiger partial charge in [-0.3, -0.25) is 14.4 Å². The van der Waals surface area contributed by atoms with Crippen LogP contribution in [0, 0.1) is 35.5 Å². The quantitative estimate of drug-likeness (QED) is 0.128. The summed E-state index contributed by atoms with van der Waals surface area (Å²) in [6.07, 6.45) is 12.5. The van der Waals surface area contributed by atoms with Crippen molar-refractivity contribution in [1.82, 2.24) is 4.90 Å². The first-order valence-corrected chi connectivity index (χ1v) is 25.1. The number of cyclic esters (lactones) is 1. The SMILES string of the molecule is CCO[C@@H]1C[C@@H]([C@H](C)C[C@@H]2CC[C@@H](O)[C@H](OC)C2)OC(=O)[C@@H]2CCCCN2C(=O)C(=O)[C@]2(O)O[C@@H](CC[C@H]2C)CC(OC)/C(C)=C/C=C/C=C/[C@@H](C)C[C@@H](C)C(=O)[C@H](OC)[C@H](O)/C(C)=C/[C@H]1C.